The van der Waals surface area contributed by atoms with Crippen molar-refractivity contribution in [2.75, 3.05) is 11.1 Å². The number of hydrogen-bond acceptors (Lipinski definition) is 6. The maximum atomic E-state index is 5.70. The molecule has 7 nitrogen and oxygen atoms in total. The van der Waals surface area contributed by atoms with Crippen molar-refractivity contribution >= 4 is 28.2 Å². The summed E-state index contributed by atoms with van der Waals surface area (Å²) in [6, 6.07) is 13.1. The fourth-order valence-corrected chi connectivity index (χ4v) is 2.29. The van der Waals surface area contributed by atoms with Gasteiger partial charge in [-0.15, -0.1) is 0 Å². The number of pyridine rings is 1. The minimum atomic E-state index is 0.682. The zero-order valence-electron chi connectivity index (χ0n) is 12.1. The van der Waals surface area contributed by atoms with Crippen LogP contribution in [0.4, 0.5) is 17.2 Å². The highest BCUT2D eigenvalue weighted by Crippen LogP contribution is 2.24. The highest BCUT2D eigenvalue weighted by atomic mass is 15.3. The van der Waals surface area contributed by atoms with Gasteiger partial charge in [0.2, 0.25) is 0 Å². The summed E-state index contributed by atoms with van der Waals surface area (Å²) in [5, 5.41) is 8.45. The number of nitrogen functional groups attached to an aromatic ring is 1. The van der Waals surface area contributed by atoms with Gasteiger partial charge in [0, 0.05) is 17.6 Å². The molecule has 23 heavy (non-hydrogen) atoms. The number of nitrogens with zero attached hydrogens (tertiary/aromatic N) is 5. The molecule has 0 saturated heterocycles. The van der Waals surface area contributed by atoms with Crippen LogP contribution in [0.5, 0.6) is 0 Å². The van der Waals surface area contributed by atoms with Crippen LogP contribution in [0.1, 0.15) is 0 Å². The summed E-state index contributed by atoms with van der Waals surface area (Å²) < 4.78 is 1.69. The molecule has 0 amide bonds. The lowest BCUT2D eigenvalue weighted by Gasteiger charge is -2.07. The topological polar surface area (TPSA) is 94.5 Å². The Bertz CT molecular complexity index is 945. The van der Waals surface area contributed by atoms with E-state index in [1.54, 1.807) is 17.1 Å². The van der Waals surface area contributed by atoms with Gasteiger partial charge in [0.1, 0.15) is 12.1 Å². The van der Waals surface area contributed by atoms with Crippen LogP contribution in [0.3, 0.4) is 0 Å². The third kappa shape index (κ3) is 2.44. The standard InChI is InChI=1S/C16H13N7/c17-11-4-6-12(7-5-11)22-15-13-9-21-23(16(13)20-10-19-15)14-3-1-2-8-18-14/h1-10H,17H2,(H,19,20,22). The maximum Gasteiger partial charge on any atom is 0.170 e. The minimum Gasteiger partial charge on any atom is -0.399 e. The number of aromatic nitrogens is 5. The molecule has 4 aromatic rings. The van der Waals surface area contributed by atoms with Gasteiger partial charge in [0.25, 0.3) is 0 Å². The molecule has 4 rings (SSSR count). The van der Waals surface area contributed by atoms with Gasteiger partial charge < -0.3 is 11.1 Å². The highest BCUT2D eigenvalue weighted by molar-refractivity contribution is 5.88. The summed E-state index contributed by atoms with van der Waals surface area (Å²) in [5.74, 6) is 1.39. The fourth-order valence-electron chi connectivity index (χ4n) is 2.29. The smallest absolute Gasteiger partial charge is 0.170 e. The van der Waals surface area contributed by atoms with Crippen molar-refractivity contribution < 1.29 is 0 Å². The van der Waals surface area contributed by atoms with Crippen LogP contribution >= 0.6 is 0 Å². The van der Waals surface area contributed by atoms with Gasteiger partial charge in [-0.1, -0.05) is 6.07 Å². The number of benzene rings is 1. The van der Waals surface area contributed by atoms with Crippen molar-refractivity contribution in [3.05, 3.63) is 61.2 Å². The molecule has 1 aromatic carbocycles. The lowest BCUT2D eigenvalue weighted by Crippen LogP contribution is -2.01. The second kappa shape index (κ2) is 5.38. The first kappa shape index (κ1) is 13.2. The van der Waals surface area contributed by atoms with Crippen LogP contribution in [0.15, 0.2) is 61.2 Å². The monoisotopic (exact) mass is 303 g/mol. The Hall–Kier alpha value is -3.48. The number of anilines is 3. The van der Waals surface area contributed by atoms with Crippen LogP contribution in [0, 0.1) is 0 Å². The Balaban J connectivity index is 1.77. The quantitative estimate of drug-likeness (QED) is 0.565. The Kier molecular flexibility index (Phi) is 3.09. The van der Waals surface area contributed by atoms with Gasteiger partial charge in [0.15, 0.2) is 11.5 Å². The molecule has 112 valence electrons. The lowest BCUT2D eigenvalue weighted by molar-refractivity contribution is 0.861. The van der Waals surface area contributed by atoms with Crippen molar-refractivity contribution in [1.82, 2.24) is 24.7 Å². The van der Waals surface area contributed by atoms with Gasteiger partial charge in [-0.2, -0.15) is 9.78 Å². The summed E-state index contributed by atoms with van der Waals surface area (Å²) in [7, 11) is 0. The van der Waals surface area contributed by atoms with Crippen molar-refractivity contribution in [3.8, 4) is 5.82 Å². The summed E-state index contributed by atoms with van der Waals surface area (Å²) in [6.07, 6.45) is 4.95. The average molecular weight is 303 g/mol. The highest BCUT2D eigenvalue weighted by Gasteiger charge is 2.11. The lowest BCUT2D eigenvalue weighted by atomic mass is 10.3. The Morgan fingerprint density at radius 3 is 2.61 bits per heavy atom. The molecule has 7 heteroatoms. The van der Waals surface area contributed by atoms with E-state index >= 15 is 0 Å². The molecule has 3 heterocycles. The maximum absolute atomic E-state index is 5.70. The second-order valence-corrected chi connectivity index (χ2v) is 4.95. The first-order valence-electron chi connectivity index (χ1n) is 7.04. The number of fused-ring (bicyclic) bond motifs is 1. The molecule has 0 atom stereocenters. The van der Waals surface area contributed by atoms with Gasteiger partial charge >= 0.3 is 0 Å². The second-order valence-electron chi connectivity index (χ2n) is 4.95. The van der Waals surface area contributed by atoms with Gasteiger partial charge in [-0.25, -0.2) is 15.0 Å². The van der Waals surface area contributed by atoms with Gasteiger partial charge in [-0.05, 0) is 36.4 Å². The molecule has 0 fully saturated rings. The minimum absolute atomic E-state index is 0.682. The molecule has 0 aliphatic rings. The largest absolute Gasteiger partial charge is 0.399 e. The fraction of sp³-hybridized carbons (Fsp3) is 0. The van der Waals surface area contributed by atoms with Crippen LogP contribution in [-0.2, 0) is 0 Å². The van der Waals surface area contributed by atoms with E-state index < -0.39 is 0 Å². The van der Waals surface area contributed by atoms with E-state index in [9.17, 15) is 0 Å². The number of hydrogen-bond donors (Lipinski definition) is 2. The van der Waals surface area contributed by atoms with Gasteiger partial charge in [-0.3, -0.25) is 0 Å². The van der Waals surface area contributed by atoms with E-state index in [4.69, 9.17) is 5.73 Å². The molecular weight excluding hydrogens is 290 g/mol. The number of nitrogens with two attached hydrogens (primary N) is 1. The summed E-state index contributed by atoms with van der Waals surface area (Å²) >= 11 is 0. The van der Waals surface area contributed by atoms with E-state index in [1.807, 2.05) is 42.5 Å². The van der Waals surface area contributed by atoms with Crippen LogP contribution in [-0.4, -0.2) is 24.7 Å². The van der Waals surface area contributed by atoms with Crippen molar-refractivity contribution in [2.24, 2.45) is 0 Å². The van der Waals surface area contributed by atoms with Crippen LogP contribution < -0.4 is 11.1 Å². The number of nitrogens with one attached hydrogen (secondary N) is 1. The molecule has 0 aliphatic heterocycles. The zero-order chi connectivity index (χ0) is 15.6. The Morgan fingerprint density at radius 1 is 0.957 bits per heavy atom. The zero-order valence-corrected chi connectivity index (χ0v) is 12.1. The average Bonchev–Trinajstić information content (AvgIpc) is 3.03. The molecule has 0 aliphatic carbocycles. The summed E-state index contributed by atoms with van der Waals surface area (Å²) in [4.78, 5) is 12.9. The molecule has 3 N–H and O–H groups in total. The van der Waals surface area contributed by atoms with Crippen LogP contribution in [0.25, 0.3) is 16.9 Å². The van der Waals surface area contributed by atoms with E-state index in [0.717, 1.165) is 11.1 Å². The first-order chi connectivity index (χ1) is 11.3. The Morgan fingerprint density at radius 2 is 1.83 bits per heavy atom. The predicted octanol–water partition coefficient (Wildman–Crippen LogP) is 2.54. The van der Waals surface area contributed by atoms with E-state index in [2.05, 4.69) is 25.4 Å². The van der Waals surface area contributed by atoms with Crippen molar-refractivity contribution in [3.63, 3.8) is 0 Å². The van der Waals surface area contributed by atoms with E-state index in [1.165, 1.54) is 6.33 Å². The van der Waals surface area contributed by atoms with Crippen molar-refractivity contribution in [2.45, 2.75) is 0 Å². The number of rotatable bonds is 3. The van der Waals surface area contributed by atoms with Crippen molar-refractivity contribution in [1.29, 1.82) is 0 Å². The summed E-state index contributed by atoms with van der Waals surface area (Å²) in [6.45, 7) is 0. The molecule has 0 unspecified atom stereocenters. The SMILES string of the molecule is Nc1ccc(Nc2ncnc3c2cnn3-c2ccccn2)cc1. The van der Waals surface area contributed by atoms with Gasteiger partial charge in [0.05, 0.1) is 11.6 Å². The molecule has 0 spiro atoms. The summed E-state index contributed by atoms with van der Waals surface area (Å²) in [5.41, 5.74) is 8.00. The van der Waals surface area contributed by atoms with E-state index in [-0.39, 0.29) is 0 Å². The predicted molar refractivity (Wildman–Crippen MR) is 88.6 cm³/mol. The van der Waals surface area contributed by atoms with E-state index in [0.29, 0.717) is 23.0 Å². The molecule has 0 saturated carbocycles. The molecule has 0 bridgehead atoms. The van der Waals surface area contributed by atoms with Crippen LogP contribution in [0.2, 0.25) is 0 Å². The third-order valence-corrected chi connectivity index (χ3v) is 3.41. The molecular formula is C16H13N7. The molecule has 0 radical (unpaired) electrons. The molecule has 3 aromatic heterocycles. The first-order valence-corrected chi connectivity index (χ1v) is 7.04. The Labute approximate surface area is 131 Å². The normalized spacial score (nSPS) is 10.8. The third-order valence-electron chi connectivity index (χ3n) is 3.41.